The first kappa shape index (κ1) is 10.5. The molecule has 1 unspecified atom stereocenters. The summed E-state index contributed by atoms with van der Waals surface area (Å²) >= 11 is 0. The number of piperazine rings is 1. The molecule has 1 aliphatic rings. The highest BCUT2D eigenvalue weighted by molar-refractivity contribution is 5.72. The summed E-state index contributed by atoms with van der Waals surface area (Å²) in [5.74, 6) is 0.0503. The summed E-state index contributed by atoms with van der Waals surface area (Å²) in [5, 5.41) is 7.12. The lowest BCUT2D eigenvalue weighted by Gasteiger charge is -2.32. The maximum Gasteiger partial charge on any atom is 0.216 e. The van der Waals surface area contributed by atoms with E-state index in [1.54, 1.807) is 6.92 Å². The minimum atomic E-state index is 0.0503. The van der Waals surface area contributed by atoms with Crippen molar-refractivity contribution in [3.05, 3.63) is 0 Å². The van der Waals surface area contributed by atoms with Gasteiger partial charge in [-0.2, -0.15) is 0 Å². The van der Waals surface area contributed by atoms with Crippen LogP contribution in [0.4, 0.5) is 0 Å². The molecule has 4 nitrogen and oxygen atoms in total. The van der Waals surface area contributed by atoms with Gasteiger partial charge in [0.25, 0.3) is 0 Å². The van der Waals surface area contributed by atoms with E-state index in [2.05, 4.69) is 22.5 Å². The van der Waals surface area contributed by atoms with Gasteiger partial charge in [0, 0.05) is 45.7 Å². The zero-order valence-electron chi connectivity index (χ0n) is 8.42. The Hall–Kier alpha value is -0.610. The van der Waals surface area contributed by atoms with Crippen molar-refractivity contribution in [1.29, 1.82) is 0 Å². The molecule has 1 saturated heterocycles. The Morgan fingerprint density at radius 3 is 3.08 bits per heavy atom. The molecular weight excluding hydrogens is 166 g/mol. The van der Waals surface area contributed by atoms with Crippen LogP contribution < -0.4 is 10.6 Å². The van der Waals surface area contributed by atoms with E-state index in [0.29, 0.717) is 6.04 Å². The van der Waals surface area contributed by atoms with E-state index in [1.807, 2.05) is 0 Å². The molecule has 1 fully saturated rings. The molecule has 1 aliphatic heterocycles. The summed E-state index contributed by atoms with van der Waals surface area (Å²) in [6.07, 6.45) is 0. The van der Waals surface area contributed by atoms with Crippen molar-refractivity contribution in [1.82, 2.24) is 15.5 Å². The van der Waals surface area contributed by atoms with Gasteiger partial charge in [0.15, 0.2) is 0 Å². The predicted octanol–water partition coefficient (Wildman–Crippen LogP) is -0.569. The third-order valence-electron chi connectivity index (χ3n) is 2.33. The van der Waals surface area contributed by atoms with Crippen LogP contribution in [0, 0.1) is 0 Å². The average Bonchev–Trinajstić information content (AvgIpc) is 2.08. The molecule has 0 aromatic heterocycles. The lowest BCUT2D eigenvalue weighted by molar-refractivity contribution is -0.119. The first-order valence-corrected chi connectivity index (χ1v) is 4.82. The van der Waals surface area contributed by atoms with Crippen molar-refractivity contribution in [3.63, 3.8) is 0 Å². The molecule has 0 aliphatic carbocycles. The molecule has 1 radical (unpaired) electrons. The average molecular weight is 184 g/mol. The lowest BCUT2D eigenvalue weighted by atomic mass is 10.2. The molecule has 1 rings (SSSR count). The topological polar surface area (TPSA) is 46.4 Å². The molecule has 1 amide bonds. The largest absolute Gasteiger partial charge is 0.355 e. The minimum absolute atomic E-state index is 0.0503. The number of carbonyl (C=O) groups excluding carboxylic acids is 1. The summed E-state index contributed by atoms with van der Waals surface area (Å²) in [6.45, 7) is 8.31. The fourth-order valence-corrected chi connectivity index (χ4v) is 1.52. The van der Waals surface area contributed by atoms with Crippen LogP contribution in [0.15, 0.2) is 0 Å². The summed E-state index contributed by atoms with van der Waals surface area (Å²) in [6, 6.07) is 0.530. The maximum absolute atomic E-state index is 10.6. The second kappa shape index (κ2) is 5.19. The van der Waals surface area contributed by atoms with Gasteiger partial charge in [0.05, 0.1) is 0 Å². The van der Waals surface area contributed by atoms with Gasteiger partial charge in [-0.05, 0) is 6.92 Å². The minimum Gasteiger partial charge on any atom is -0.355 e. The SMILES string of the molecule is CC(=O)NCCN1CC[N]CC1C. The van der Waals surface area contributed by atoms with E-state index in [9.17, 15) is 4.79 Å². The number of rotatable bonds is 3. The van der Waals surface area contributed by atoms with Crippen molar-refractivity contribution < 1.29 is 4.79 Å². The van der Waals surface area contributed by atoms with Crippen molar-refractivity contribution >= 4 is 5.91 Å². The van der Waals surface area contributed by atoms with Crippen LogP contribution in [-0.2, 0) is 4.79 Å². The zero-order valence-corrected chi connectivity index (χ0v) is 8.42. The van der Waals surface area contributed by atoms with Gasteiger partial charge >= 0.3 is 0 Å². The van der Waals surface area contributed by atoms with Gasteiger partial charge in [-0.15, -0.1) is 0 Å². The molecule has 0 aromatic rings. The second-order valence-electron chi connectivity index (χ2n) is 3.50. The third kappa shape index (κ3) is 3.74. The first-order chi connectivity index (χ1) is 6.20. The van der Waals surface area contributed by atoms with Crippen LogP contribution in [0.2, 0.25) is 0 Å². The molecule has 75 valence electrons. The van der Waals surface area contributed by atoms with Crippen molar-refractivity contribution in [3.8, 4) is 0 Å². The van der Waals surface area contributed by atoms with Gasteiger partial charge in [-0.3, -0.25) is 9.69 Å². The van der Waals surface area contributed by atoms with Crippen LogP contribution in [0.3, 0.4) is 0 Å². The van der Waals surface area contributed by atoms with Crippen molar-refractivity contribution in [2.75, 3.05) is 32.7 Å². The van der Waals surface area contributed by atoms with E-state index in [-0.39, 0.29) is 5.91 Å². The molecule has 0 aromatic carbocycles. The van der Waals surface area contributed by atoms with E-state index in [4.69, 9.17) is 0 Å². The molecule has 1 heterocycles. The van der Waals surface area contributed by atoms with Crippen molar-refractivity contribution in [2.45, 2.75) is 19.9 Å². The first-order valence-electron chi connectivity index (χ1n) is 4.82. The number of nitrogens with zero attached hydrogens (tertiary/aromatic N) is 2. The smallest absolute Gasteiger partial charge is 0.216 e. The number of hydrogen-bond acceptors (Lipinski definition) is 2. The Bertz CT molecular complexity index is 172. The van der Waals surface area contributed by atoms with E-state index < -0.39 is 0 Å². The highest BCUT2D eigenvalue weighted by Gasteiger charge is 2.17. The Labute approximate surface area is 79.7 Å². The van der Waals surface area contributed by atoms with Crippen LogP contribution in [-0.4, -0.2) is 49.6 Å². The Morgan fingerprint density at radius 2 is 2.46 bits per heavy atom. The fourth-order valence-electron chi connectivity index (χ4n) is 1.52. The van der Waals surface area contributed by atoms with Gasteiger partial charge < -0.3 is 5.32 Å². The van der Waals surface area contributed by atoms with E-state index in [1.165, 1.54) is 0 Å². The standard InChI is InChI=1S/C9H18N3O/c1-8-7-10-3-5-12(8)6-4-11-9(2)13/h8H,3-7H2,1-2H3,(H,11,13). The van der Waals surface area contributed by atoms with Crippen LogP contribution in [0.5, 0.6) is 0 Å². The van der Waals surface area contributed by atoms with Crippen LogP contribution >= 0.6 is 0 Å². The molecule has 1 N–H and O–H groups in total. The normalized spacial score (nSPS) is 24.3. The highest BCUT2D eigenvalue weighted by Crippen LogP contribution is 2.01. The Kier molecular flexibility index (Phi) is 4.18. The summed E-state index contributed by atoms with van der Waals surface area (Å²) in [7, 11) is 0. The van der Waals surface area contributed by atoms with Gasteiger partial charge in [-0.25, -0.2) is 5.32 Å². The van der Waals surface area contributed by atoms with E-state index in [0.717, 1.165) is 32.7 Å². The molecule has 0 saturated carbocycles. The summed E-state index contributed by atoms with van der Waals surface area (Å²) in [5.41, 5.74) is 0. The molecule has 0 bridgehead atoms. The van der Waals surface area contributed by atoms with Gasteiger partial charge in [0.1, 0.15) is 0 Å². The number of hydrogen-bond donors (Lipinski definition) is 1. The van der Waals surface area contributed by atoms with Crippen LogP contribution in [0.1, 0.15) is 13.8 Å². The lowest BCUT2D eigenvalue weighted by Crippen LogP contribution is -2.49. The van der Waals surface area contributed by atoms with Gasteiger partial charge in [-0.1, -0.05) is 0 Å². The van der Waals surface area contributed by atoms with Crippen molar-refractivity contribution in [2.24, 2.45) is 0 Å². The number of carbonyl (C=O) groups is 1. The van der Waals surface area contributed by atoms with Crippen LogP contribution in [0.25, 0.3) is 0 Å². The third-order valence-corrected chi connectivity index (χ3v) is 2.33. The van der Waals surface area contributed by atoms with E-state index >= 15 is 0 Å². The second-order valence-corrected chi connectivity index (χ2v) is 3.50. The number of amides is 1. The Morgan fingerprint density at radius 1 is 1.69 bits per heavy atom. The molecule has 13 heavy (non-hydrogen) atoms. The molecule has 4 heteroatoms. The predicted molar refractivity (Wildman–Crippen MR) is 51.6 cm³/mol. The highest BCUT2D eigenvalue weighted by atomic mass is 16.1. The van der Waals surface area contributed by atoms with Gasteiger partial charge in [0.2, 0.25) is 5.91 Å². The molecule has 0 spiro atoms. The summed E-state index contributed by atoms with van der Waals surface area (Å²) in [4.78, 5) is 13.0. The monoisotopic (exact) mass is 184 g/mol. The maximum atomic E-state index is 10.6. The fraction of sp³-hybridized carbons (Fsp3) is 0.889. The molecular formula is C9H18N3O. The number of nitrogens with one attached hydrogen (secondary N) is 1. The zero-order chi connectivity index (χ0) is 9.68. The Balaban J connectivity index is 2.15. The molecule has 1 atom stereocenters. The quantitative estimate of drug-likeness (QED) is 0.638. The summed E-state index contributed by atoms with van der Waals surface area (Å²) < 4.78 is 0.